The van der Waals surface area contributed by atoms with Crippen molar-refractivity contribution in [1.82, 2.24) is 4.90 Å². The molecule has 0 unspecified atom stereocenters. The number of carbonyl (C=O) groups is 1. The highest BCUT2D eigenvalue weighted by molar-refractivity contribution is 5.91. The molecule has 0 saturated heterocycles. The molecule has 0 fully saturated rings. The Morgan fingerprint density at radius 3 is 2.35 bits per heavy atom. The summed E-state index contributed by atoms with van der Waals surface area (Å²) < 4.78 is 28.5. The number of ether oxygens (including phenoxy) is 1. The van der Waals surface area contributed by atoms with Gasteiger partial charge in [0.15, 0.2) is 0 Å². The van der Waals surface area contributed by atoms with Crippen molar-refractivity contribution in [3.8, 4) is 5.75 Å². The first-order valence-electron chi connectivity index (χ1n) is 7.56. The Labute approximate surface area is 148 Å². The maximum atomic E-state index is 12.1. The summed E-state index contributed by atoms with van der Waals surface area (Å²) >= 11 is 0. The number of rotatable bonds is 7. The summed E-state index contributed by atoms with van der Waals surface area (Å²) in [6.07, 6.45) is 2.91. The van der Waals surface area contributed by atoms with Crippen LogP contribution >= 0.6 is 0 Å². The van der Waals surface area contributed by atoms with Gasteiger partial charge in [-0.25, -0.2) is 0 Å². The molecule has 26 heavy (non-hydrogen) atoms. The molecule has 1 amide bonds. The van der Waals surface area contributed by atoms with Crippen molar-refractivity contribution in [1.29, 1.82) is 0 Å². The number of nitro benzene ring substituents is 1. The summed E-state index contributed by atoms with van der Waals surface area (Å²) in [4.78, 5) is 23.7. The largest absolute Gasteiger partial charge is 0.435 e. The Bertz CT molecular complexity index is 790. The van der Waals surface area contributed by atoms with Gasteiger partial charge >= 0.3 is 6.61 Å². The van der Waals surface area contributed by atoms with Gasteiger partial charge in [-0.2, -0.15) is 8.78 Å². The topological polar surface area (TPSA) is 72.7 Å². The molecule has 0 aliphatic heterocycles. The van der Waals surface area contributed by atoms with Gasteiger partial charge in [0, 0.05) is 31.8 Å². The molecule has 0 saturated carbocycles. The summed E-state index contributed by atoms with van der Waals surface area (Å²) in [5.41, 5.74) is 1.39. The minimum Gasteiger partial charge on any atom is -0.435 e. The first-order valence-corrected chi connectivity index (χ1v) is 7.56. The number of amides is 1. The lowest BCUT2D eigenvalue weighted by Crippen LogP contribution is -2.24. The molecule has 0 bridgehead atoms. The smallest absolute Gasteiger partial charge is 0.387 e. The summed E-state index contributed by atoms with van der Waals surface area (Å²) in [7, 11) is 1.60. The number of non-ortho nitro benzene ring substituents is 1. The molecule has 0 aliphatic carbocycles. The third-order valence-electron chi connectivity index (χ3n) is 3.47. The molecule has 0 aromatic heterocycles. The van der Waals surface area contributed by atoms with E-state index < -0.39 is 11.5 Å². The highest BCUT2D eigenvalue weighted by Gasteiger charge is 2.08. The molecule has 0 spiro atoms. The lowest BCUT2D eigenvalue weighted by molar-refractivity contribution is -0.384. The average molecular weight is 362 g/mol. The predicted octanol–water partition coefficient (Wildman–Crippen LogP) is 3.87. The third kappa shape index (κ3) is 5.66. The molecule has 8 heteroatoms. The predicted molar refractivity (Wildman–Crippen MR) is 91.7 cm³/mol. The second-order valence-electron chi connectivity index (χ2n) is 5.40. The minimum absolute atomic E-state index is 0.0233. The van der Waals surface area contributed by atoms with Gasteiger partial charge in [-0.15, -0.1) is 0 Å². The lowest BCUT2D eigenvalue weighted by Gasteiger charge is -2.15. The SMILES string of the molecule is CN(Cc1ccc(OC(F)F)cc1)C(=O)/C=C/c1ccc([N+](=O)[O-])cc1. The van der Waals surface area contributed by atoms with E-state index in [2.05, 4.69) is 4.74 Å². The second-order valence-corrected chi connectivity index (χ2v) is 5.40. The van der Waals surface area contributed by atoms with Gasteiger partial charge in [0.2, 0.25) is 5.91 Å². The van der Waals surface area contributed by atoms with Crippen LogP contribution in [0.25, 0.3) is 6.08 Å². The van der Waals surface area contributed by atoms with Gasteiger partial charge in [0.05, 0.1) is 4.92 Å². The number of nitro groups is 1. The number of hydrogen-bond donors (Lipinski definition) is 0. The molecule has 2 aromatic rings. The zero-order valence-electron chi connectivity index (χ0n) is 13.8. The van der Waals surface area contributed by atoms with Crippen LogP contribution in [-0.2, 0) is 11.3 Å². The van der Waals surface area contributed by atoms with Crippen LogP contribution < -0.4 is 4.74 Å². The number of alkyl halides is 2. The van der Waals surface area contributed by atoms with Crippen molar-refractivity contribution in [2.24, 2.45) is 0 Å². The summed E-state index contributed by atoms with van der Waals surface area (Å²) in [5, 5.41) is 10.6. The fourth-order valence-electron chi connectivity index (χ4n) is 2.13. The molecule has 0 atom stereocenters. The molecule has 0 aliphatic rings. The van der Waals surface area contributed by atoms with Crippen LogP contribution in [0, 0.1) is 10.1 Å². The van der Waals surface area contributed by atoms with E-state index in [9.17, 15) is 23.7 Å². The second kappa shape index (κ2) is 8.70. The average Bonchev–Trinajstić information content (AvgIpc) is 2.61. The number of benzene rings is 2. The van der Waals surface area contributed by atoms with E-state index in [1.807, 2.05) is 0 Å². The summed E-state index contributed by atoms with van der Waals surface area (Å²) in [5.74, 6) is -0.216. The minimum atomic E-state index is -2.88. The number of hydrogen-bond acceptors (Lipinski definition) is 4. The van der Waals surface area contributed by atoms with Crippen LogP contribution in [0.1, 0.15) is 11.1 Å². The van der Waals surface area contributed by atoms with E-state index in [4.69, 9.17) is 0 Å². The van der Waals surface area contributed by atoms with Gasteiger partial charge in [-0.3, -0.25) is 14.9 Å². The Balaban J connectivity index is 1.93. The molecule has 136 valence electrons. The quantitative estimate of drug-likeness (QED) is 0.426. The Hall–Kier alpha value is -3.29. The van der Waals surface area contributed by atoms with Crippen molar-refractivity contribution >= 4 is 17.7 Å². The van der Waals surface area contributed by atoms with Gasteiger partial charge in [0.1, 0.15) is 5.75 Å². The Morgan fingerprint density at radius 1 is 1.19 bits per heavy atom. The van der Waals surface area contributed by atoms with Gasteiger partial charge in [-0.1, -0.05) is 12.1 Å². The van der Waals surface area contributed by atoms with Crippen LogP contribution in [-0.4, -0.2) is 29.4 Å². The van der Waals surface area contributed by atoms with E-state index in [1.54, 1.807) is 37.4 Å². The number of nitrogens with zero attached hydrogens (tertiary/aromatic N) is 2. The lowest BCUT2D eigenvalue weighted by atomic mass is 10.2. The number of carbonyl (C=O) groups excluding carboxylic acids is 1. The molecule has 6 nitrogen and oxygen atoms in total. The van der Waals surface area contributed by atoms with Crippen molar-refractivity contribution < 1.29 is 23.2 Å². The van der Waals surface area contributed by atoms with Crippen LogP contribution in [0.5, 0.6) is 5.75 Å². The molecule has 2 aromatic carbocycles. The maximum absolute atomic E-state index is 12.1. The van der Waals surface area contributed by atoms with E-state index in [-0.39, 0.29) is 17.3 Å². The van der Waals surface area contributed by atoms with Crippen molar-refractivity contribution in [2.75, 3.05) is 7.05 Å². The van der Waals surface area contributed by atoms with E-state index in [0.717, 1.165) is 5.56 Å². The Kier molecular flexibility index (Phi) is 6.37. The van der Waals surface area contributed by atoms with E-state index >= 15 is 0 Å². The first-order chi connectivity index (χ1) is 12.3. The van der Waals surface area contributed by atoms with Gasteiger partial charge in [0.25, 0.3) is 5.69 Å². The molecule has 0 N–H and O–H groups in total. The van der Waals surface area contributed by atoms with Crippen LogP contribution in [0.4, 0.5) is 14.5 Å². The zero-order valence-corrected chi connectivity index (χ0v) is 13.8. The summed E-state index contributed by atoms with van der Waals surface area (Å²) in [6.45, 7) is -2.59. The number of likely N-dealkylation sites (N-methyl/N-ethyl adjacent to an activating group) is 1. The van der Waals surface area contributed by atoms with E-state index in [0.29, 0.717) is 12.1 Å². The van der Waals surface area contributed by atoms with E-state index in [1.165, 1.54) is 35.2 Å². The molecular formula is C18H16F2N2O4. The highest BCUT2D eigenvalue weighted by Crippen LogP contribution is 2.16. The van der Waals surface area contributed by atoms with Crippen molar-refractivity contribution in [3.63, 3.8) is 0 Å². The van der Waals surface area contributed by atoms with Gasteiger partial charge < -0.3 is 9.64 Å². The zero-order chi connectivity index (χ0) is 19.1. The van der Waals surface area contributed by atoms with Crippen LogP contribution in [0.3, 0.4) is 0 Å². The van der Waals surface area contributed by atoms with Crippen molar-refractivity contribution in [3.05, 3.63) is 75.8 Å². The fourth-order valence-corrected chi connectivity index (χ4v) is 2.13. The van der Waals surface area contributed by atoms with Gasteiger partial charge in [-0.05, 0) is 41.5 Å². The normalized spacial score (nSPS) is 10.9. The third-order valence-corrected chi connectivity index (χ3v) is 3.47. The fraction of sp³-hybridized carbons (Fsp3) is 0.167. The molecule has 0 radical (unpaired) electrons. The molecule has 0 heterocycles. The first kappa shape index (κ1) is 19.0. The van der Waals surface area contributed by atoms with Crippen LogP contribution in [0.2, 0.25) is 0 Å². The standard InChI is InChI=1S/C18H16F2N2O4/c1-21(12-14-4-9-16(10-5-14)26-18(19)20)17(23)11-6-13-2-7-15(8-3-13)22(24)25/h2-11,18H,12H2,1H3/b11-6+. The summed E-state index contributed by atoms with van der Waals surface area (Å²) in [6, 6.07) is 11.8. The number of halogens is 2. The van der Waals surface area contributed by atoms with Crippen LogP contribution in [0.15, 0.2) is 54.6 Å². The van der Waals surface area contributed by atoms with Crippen molar-refractivity contribution in [2.45, 2.75) is 13.2 Å². The molecule has 2 rings (SSSR count). The highest BCUT2D eigenvalue weighted by atomic mass is 19.3. The Morgan fingerprint density at radius 2 is 1.81 bits per heavy atom. The molecular weight excluding hydrogens is 346 g/mol. The monoisotopic (exact) mass is 362 g/mol. The maximum Gasteiger partial charge on any atom is 0.387 e.